The van der Waals surface area contributed by atoms with Gasteiger partial charge >= 0.3 is 0 Å². The van der Waals surface area contributed by atoms with E-state index in [4.69, 9.17) is 5.11 Å². The SMILES string of the molecule is CN(C1CCCCCC1)S(=O)(=O)c1ccc(CO)cc1Br. The van der Waals surface area contributed by atoms with Crippen molar-refractivity contribution in [3.63, 3.8) is 0 Å². The Morgan fingerprint density at radius 2 is 1.86 bits per heavy atom. The fraction of sp³-hybridized carbons (Fsp3) is 0.600. The molecule has 1 aromatic carbocycles. The van der Waals surface area contributed by atoms with Crippen LogP contribution < -0.4 is 0 Å². The van der Waals surface area contributed by atoms with Crippen molar-refractivity contribution in [1.82, 2.24) is 4.31 Å². The number of benzene rings is 1. The van der Waals surface area contributed by atoms with Crippen LogP contribution in [0.1, 0.15) is 44.1 Å². The maximum absolute atomic E-state index is 12.8. The first kappa shape index (κ1) is 16.9. The third-order valence-corrected chi connectivity index (χ3v) is 7.06. The second kappa shape index (κ2) is 7.22. The zero-order chi connectivity index (χ0) is 15.5. The normalized spacial score (nSPS) is 17.9. The minimum atomic E-state index is -3.51. The highest BCUT2D eigenvalue weighted by atomic mass is 79.9. The van der Waals surface area contributed by atoms with Gasteiger partial charge < -0.3 is 5.11 Å². The largest absolute Gasteiger partial charge is 0.392 e. The van der Waals surface area contributed by atoms with Crippen molar-refractivity contribution < 1.29 is 13.5 Å². The second-order valence-corrected chi connectivity index (χ2v) is 8.41. The molecule has 6 heteroatoms. The van der Waals surface area contributed by atoms with Gasteiger partial charge in [-0.1, -0.05) is 31.7 Å². The predicted molar refractivity (Wildman–Crippen MR) is 86.5 cm³/mol. The number of hydrogen-bond acceptors (Lipinski definition) is 3. The van der Waals surface area contributed by atoms with E-state index in [1.807, 2.05) is 0 Å². The van der Waals surface area contributed by atoms with Crippen LogP contribution in [0.5, 0.6) is 0 Å². The molecule has 0 unspecified atom stereocenters. The first-order chi connectivity index (χ1) is 9.96. The van der Waals surface area contributed by atoms with E-state index in [1.165, 1.54) is 17.1 Å². The summed E-state index contributed by atoms with van der Waals surface area (Å²) in [6.45, 7) is -0.0998. The molecule has 0 atom stereocenters. The Hall–Kier alpha value is -0.430. The van der Waals surface area contributed by atoms with Gasteiger partial charge in [0, 0.05) is 17.6 Å². The molecule has 4 nitrogen and oxygen atoms in total. The lowest BCUT2D eigenvalue weighted by Gasteiger charge is -2.27. The Morgan fingerprint density at radius 3 is 2.38 bits per heavy atom. The van der Waals surface area contributed by atoms with Crippen molar-refractivity contribution in [3.8, 4) is 0 Å². The summed E-state index contributed by atoms with van der Waals surface area (Å²) in [7, 11) is -1.83. The van der Waals surface area contributed by atoms with Gasteiger partial charge in [0.2, 0.25) is 10.0 Å². The molecule has 0 bridgehead atoms. The Labute approximate surface area is 135 Å². The Kier molecular flexibility index (Phi) is 5.82. The van der Waals surface area contributed by atoms with Gasteiger partial charge in [-0.15, -0.1) is 0 Å². The number of sulfonamides is 1. The molecule has 0 aromatic heterocycles. The highest BCUT2D eigenvalue weighted by Crippen LogP contribution is 2.30. The van der Waals surface area contributed by atoms with Gasteiger partial charge in [0.25, 0.3) is 0 Å². The zero-order valence-corrected chi connectivity index (χ0v) is 14.7. The zero-order valence-electron chi connectivity index (χ0n) is 12.3. The van der Waals surface area contributed by atoms with Crippen LogP contribution in [0.25, 0.3) is 0 Å². The first-order valence-corrected chi connectivity index (χ1v) is 9.57. The van der Waals surface area contributed by atoms with Gasteiger partial charge in [-0.05, 0) is 46.5 Å². The van der Waals surface area contributed by atoms with Crippen molar-refractivity contribution in [2.75, 3.05) is 7.05 Å². The monoisotopic (exact) mass is 375 g/mol. The Balaban J connectivity index is 2.27. The van der Waals surface area contributed by atoms with Crippen LogP contribution in [0, 0.1) is 0 Å². The maximum atomic E-state index is 12.8. The van der Waals surface area contributed by atoms with Gasteiger partial charge in [0.1, 0.15) is 0 Å². The standard InChI is InChI=1S/C15H22BrNO3S/c1-17(13-6-4-2-3-5-7-13)21(19,20)15-9-8-12(11-18)10-14(15)16/h8-10,13,18H,2-7,11H2,1H3. The fourth-order valence-corrected chi connectivity index (χ4v) is 5.32. The van der Waals surface area contributed by atoms with E-state index in [1.54, 1.807) is 25.2 Å². The van der Waals surface area contributed by atoms with E-state index in [-0.39, 0.29) is 17.5 Å². The van der Waals surface area contributed by atoms with Crippen LogP contribution in [0.4, 0.5) is 0 Å². The van der Waals surface area contributed by atoms with Gasteiger partial charge in [0.05, 0.1) is 11.5 Å². The molecule has 1 aliphatic carbocycles. The summed E-state index contributed by atoms with van der Waals surface area (Å²) >= 11 is 3.31. The van der Waals surface area contributed by atoms with Gasteiger partial charge in [0.15, 0.2) is 0 Å². The lowest BCUT2D eigenvalue weighted by atomic mass is 10.1. The second-order valence-electron chi connectivity index (χ2n) is 5.59. The third-order valence-electron chi connectivity index (χ3n) is 4.17. The van der Waals surface area contributed by atoms with E-state index < -0.39 is 10.0 Å². The molecule has 0 radical (unpaired) electrons. The molecule has 1 fully saturated rings. The molecule has 1 aromatic rings. The van der Waals surface area contributed by atoms with Crippen molar-refractivity contribution >= 4 is 26.0 Å². The molecule has 1 saturated carbocycles. The molecule has 0 heterocycles. The van der Waals surface area contributed by atoms with E-state index in [0.717, 1.165) is 25.7 Å². The molecule has 1 N–H and O–H groups in total. The van der Waals surface area contributed by atoms with E-state index in [9.17, 15) is 8.42 Å². The van der Waals surface area contributed by atoms with Crippen molar-refractivity contribution in [1.29, 1.82) is 0 Å². The van der Waals surface area contributed by atoms with E-state index in [2.05, 4.69) is 15.9 Å². The highest BCUT2D eigenvalue weighted by molar-refractivity contribution is 9.10. The van der Waals surface area contributed by atoms with Crippen molar-refractivity contribution in [2.45, 2.75) is 56.1 Å². The molecule has 2 rings (SSSR count). The lowest BCUT2D eigenvalue weighted by Crippen LogP contribution is -2.36. The lowest BCUT2D eigenvalue weighted by molar-refractivity contribution is 0.281. The number of rotatable bonds is 4. The quantitative estimate of drug-likeness (QED) is 0.821. The van der Waals surface area contributed by atoms with Gasteiger partial charge in [-0.25, -0.2) is 8.42 Å². The van der Waals surface area contributed by atoms with Gasteiger partial charge in [-0.2, -0.15) is 4.31 Å². The minimum Gasteiger partial charge on any atom is -0.392 e. The third kappa shape index (κ3) is 3.86. The molecule has 0 amide bonds. The molecule has 0 aliphatic heterocycles. The van der Waals surface area contributed by atoms with E-state index in [0.29, 0.717) is 10.0 Å². The highest BCUT2D eigenvalue weighted by Gasteiger charge is 2.29. The number of halogens is 1. The number of aliphatic hydroxyl groups is 1. The average molecular weight is 376 g/mol. The number of nitrogens with zero attached hydrogens (tertiary/aromatic N) is 1. The van der Waals surface area contributed by atoms with Crippen LogP contribution >= 0.6 is 15.9 Å². The molecular weight excluding hydrogens is 354 g/mol. The summed E-state index contributed by atoms with van der Waals surface area (Å²) in [5.74, 6) is 0. The maximum Gasteiger partial charge on any atom is 0.244 e. The summed E-state index contributed by atoms with van der Waals surface area (Å²) in [6.07, 6.45) is 6.44. The van der Waals surface area contributed by atoms with Gasteiger partial charge in [-0.3, -0.25) is 0 Å². The topological polar surface area (TPSA) is 57.6 Å². The van der Waals surface area contributed by atoms with Crippen LogP contribution in [-0.2, 0) is 16.6 Å². The van der Waals surface area contributed by atoms with Crippen LogP contribution in [0.15, 0.2) is 27.6 Å². The van der Waals surface area contributed by atoms with Crippen LogP contribution in [0.3, 0.4) is 0 Å². The van der Waals surface area contributed by atoms with Crippen molar-refractivity contribution in [2.24, 2.45) is 0 Å². The van der Waals surface area contributed by atoms with Crippen LogP contribution in [0.2, 0.25) is 0 Å². The average Bonchev–Trinajstić information content (AvgIpc) is 2.74. The molecular formula is C15H22BrNO3S. The summed E-state index contributed by atoms with van der Waals surface area (Å²) < 4.78 is 27.6. The summed E-state index contributed by atoms with van der Waals surface area (Å²) in [4.78, 5) is 0.270. The molecule has 1 aliphatic rings. The van der Waals surface area contributed by atoms with E-state index >= 15 is 0 Å². The Morgan fingerprint density at radius 1 is 1.24 bits per heavy atom. The molecule has 0 saturated heterocycles. The summed E-state index contributed by atoms with van der Waals surface area (Å²) in [5, 5.41) is 9.12. The fourth-order valence-electron chi connectivity index (χ4n) is 2.82. The number of hydrogen-bond donors (Lipinski definition) is 1. The summed E-state index contributed by atoms with van der Waals surface area (Å²) in [6, 6.07) is 4.96. The molecule has 0 spiro atoms. The van der Waals surface area contributed by atoms with Crippen LogP contribution in [-0.4, -0.2) is 30.9 Å². The smallest absolute Gasteiger partial charge is 0.244 e. The minimum absolute atomic E-state index is 0.0851. The van der Waals surface area contributed by atoms with Crippen molar-refractivity contribution in [3.05, 3.63) is 28.2 Å². The predicted octanol–water partition coefficient (Wildman–Crippen LogP) is 3.28. The molecule has 21 heavy (non-hydrogen) atoms. The number of aliphatic hydroxyl groups excluding tert-OH is 1. The Bertz CT molecular complexity index is 581. The summed E-state index contributed by atoms with van der Waals surface area (Å²) in [5.41, 5.74) is 0.693. The molecule has 118 valence electrons. The first-order valence-electron chi connectivity index (χ1n) is 7.34.